The molecule has 1 aliphatic rings. The number of aliphatic hydroxyl groups excluding tert-OH is 1. The van der Waals surface area contributed by atoms with Crippen molar-refractivity contribution in [2.45, 2.75) is 51.3 Å². The van der Waals surface area contributed by atoms with Gasteiger partial charge in [0, 0.05) is 11.6 Å². The zero-order valence-corrected chi connectivity index (χ0v) is 8.28. The maximum Gasteiger partial charge on any atom is 0.137 e. The molecule has 0 heterocycles. The highest BCUT2D eigenvalue weighted by Gasteiger charge is 2.37. The van der Waals surface area contributed by atoms with Crippen LogP contribution in [0.3, 0.4) is 0 Å². The van der Waals surface area contributed by atoms with Gasteiger partial charge in [-0.15, -0.1) is 0 Å². The van der Waals surface area contributed by atoms with Gasteiger partial charge in [-0.05, 0) is 33.6 Å². The highest BCUT2D eigenvalue weighted by molar-refractivity contribution is 5.64. The second-order valence-electron chi connectivity index (χ2n) is 4.59. The zero-order chi connectivity index (χ0) is 10.2. The molecule has 0 unspecified atom stereocenters. The predicted molar refractivity (Wildman–Crippen MR) is 46.0 cm³/mol. The molecule has 0 aliphatic heterocycles. The molecule has 0 aromatic rings. The van der Waals surface area contributed by atoms with E-state index in [9.17, 15) is 9.90 Å². The van der Waals surface area contributed by atoms with Crippen molar-refractivity contribution in [2.75, 3.05) is 0 Å². The van der Waals surface area contributed by atoms with Crippen LogP contribution in [0.2, 0.25) is 0 Å². The fourth-order valence-corrected chi connectivity index (χ4v) is 1.74. The third kappa shape index (κ3) is 2.12. The number of aliphatic hydroxyl groups is 1. The van der Waals surface area contributed by atoms with E-state index in [1.54, 1.807) is 0 Å². The topological polar surface area (TPSA) is 63.6 Å². The number of nitrogens with zero attached hydrogens (tertiary/aromatic N) is 1. The fraction of sp³-hybridized carbons (Fsp3) is 0.889. The Hall–Kier alpha value is -0.770. The quantitative estimate of drug-likeness (QED) is 0.624. The Balaban J connectivity index is 2.65. The van der Waals surface area contributed by atoms with E-state index in [-0.39, 0.29) is 12.1 Å². The molecule has 1 saturated carbocycles. The summed E-state index contributed by atoms with van der Waals surface area (Å²) in [5.74, 6) is 0. The van der Waals surface area contributed by atoms with Gasteiger partial charge in [-0.2, -0.15) is 0 Å². The van der Waals surface area contributed by atoms with Gasteiger partial charge in [0.05, 0.1) is 6.10 Å². The van der Waals surface area contributed by atoms with Crippen LogP contribution in [0.25, 0.3) is 0 Å². The molecule has 0 saturated heterocycles. The molecule has 1 amide bonds. The van der Waals surface area contributed by atoms with Gasteiger partial charge in [-0.25, -0.2) is 0 Å². The van der Waals surface area contributed by atoms with Crippen LogP contribution in [-0.2, 0) is 0 Å². The Morgan fingerprint density at radius 1 is 1.46 bits per heavy atom. The van der Waals surface area contributed by atoms with Crippen LogP contribution in [-0.4, -0.2) is 33.8 Å². The summed E-state index contributed by atoms with van der Waals surface area (Å²) in [5.41, 5.74) is -0.441. The van der Waals surface area contributed by atoms with E-state index >= 15 is 0 Å². The van der Waals surface area contributed by atoms with Gasteiger partial charge in [-0.3, -0.25) is 0 Å². The smallest absolute Gasteiger partial charge is 0.137 e. The van der Waals surface area contributed by atoms with Gasteiger partial charge in [0.15, 0.2) is 0 Å². The molecule has 0 aromatic carbocycles. The first-order valence-electron chi connectivity index (χ1n) is 4.50. The third-order valence-corrected chi connectivity index (χ3v) is 2.37. The minimum atomic E-state index is -1.15. The van der Waals surface area contributed by atoms with Gasteiger partial charge in [0.1, 0.15) is 6.09 Å². The highest BCUT2D eigenvalue weighted by Crippen LogP contribution is 2.30. The van der Waals surface area contributed by atoms with Crippen LogP contribution in [0.4, 0.5) is 4.79 Å². The number of hydrogen-bond donors (Lipinski definition) is 1. The Labute approximate surface area is 78.2 Å². The average molecular weight is 186 g/mol. The summed E-state index contributed by atoms with van der Waals surface area (Å²) in [7, 11) is 0. The minimum Gasteiger partial charge on any atom is -0.530 e. The number of carbonyl (C=O) groups is 1. The molecule has 0 aromatic heterocycles. The van der Waals surface area contributed by atoms with Gasteiger partial charge < -0.3 is 19.9 Å². The van der Waals surface area contributed by atoms with Crippen LogP contribution >= 0.6 is 0 Å². The molecule has 13 heavy (non-hydrogen) atoms. The van der Waals surface area contributed by atoms with E-state index in [0.29, 0.717) is 12.8 Å². The molecule has 0 spiro atoms. The minimum absolute atomic E-state index is 0.0694. The summed E-state index contributed by atoms with van der Waals surface area (Å²) in [6, 6.07) is -0.0694. The van der Waals surface area contributed by atoms with E-state index < -0.39 is 11.6 Å². The Bertz CT molecular complexity index is 203. The number of hydrogen-bond acceptors (Lipinski definition) is 3. The van der Waals surface area contributed by atoms with Gasteiger partial charge in [0.25, 0.3) is 0 Å². The van der Waals surface area contributed by atoms with Gasteiger partial charge in [0.2, 0.25) is 0 Å². The van der Waals surface area contributed by atoms with Crippen LogP contribution in [0.1, 0.15) is 33.6 Å². The lowest BCUT2D eigenvalue weighted by Gasteiger charge is -2.49. The van der Waals surface area contributed by atoms with Crippen LogP contribution in [0, 0.1) is 0 Å². The van der Waals surface area contributed by atoms with Gasteiger partial charge >= 0.3 is 0 Å². The van der Waals surface area contributed by atoms with Crippen molar-refractivity contribution in [3.63, 3.8) is 0 Å². The lowest BCUT2D eigenvalue weighted by atomic mass is 9.85. The average Bonchev–Trinajstić information content (AvgIpc) is 1.79. The first kappa shape index (κ1) is 10.3. The largest absolute Gasteiger partial charge is 0.530 e. The number of carbonyl (C=O) groups excluding carboxylic acids is 1. The summed E-state index contributed by atoms with van der Waals surface area (Å²) in [5, 5.41) is 19.9. The number of carboxylic acid groups (broad SMARTS) is 1. The Kier molecular flexibility index (Phi) is 2.52. The molecular formula is C9H16NO3-. The summed E-state index contributed by atoms with van der Waals surface area (Å²) >= 11 is 0. The van der Waals surface area contributed by atoms with Crippen molar-refractivity contribution in [1.82, 2.24) is 4.90 Å². The second kappa shape index (κ2) is 3.18. The first-order valence-corrected chi connectivity index (χ1v) is 4.50. The van der Waals surface area contributed by atoms with Crippen LogP contribution in [0.5, 0.6) is 0 Å². The molecular weight excluding hydrogens is 170 g/mol. The summed E-state index contributed by atoms with van der Waals surface area (Å²) in [6.07, 6.45) is -0.421. The molecule has 0 atom stereocenters. The maximum absolute atomic E-state index is 10.8. The van der Waals surface area contributed by atoms with Crippen LogP contribution < -0.4 is 5.11 Å². The molecule has 1 rings (SSSR count). The summed E-state index contributed by atoms with van der Waals surface area (Å²) in [6.45, 7) is 5.48. The van der Waals surface area contributed by atoms with Gasteiger partial charge in [-0.1, -0.05) is 0 Å². The van der Waals surface area contributed by atoms with E-state index in [2.05, 4.69) is 0 Å². The number of rotatable bonds is 1. The molecule has 1 N–H and O–H groups in total. The number of amides is 1. The van der Waals surface area contributed by atoms with Crippen LogP contribution in [0.15, 0.2) is 0 Å². The lowest BCUT2D eigenvalue weighted by molar-refractivity contribution is -0.276. The monoisotopic (exact) mass is 186 g/mol. The normalized spacial score (nSPS) is 28.0. The van der Waals surface area contributed by atoms with Crippen molar-refractivity contribution in [3.05, 3.63) is 0 Å². The van der Waals surface area contributed by atoms with Crippen molar-refractivity contribution in [3.8, 4) is 0 Å². The summed E-state index contributed by atoms with van der Waals surface area (Å²) in [4.78, 5) is 12.1. The van der Waals surface area contributed by atoms with E-state index in [4.69, 9.17) is 5.11 Å². The molecule has 0 radical (unpaired) electrons. The van der Waals surface area contributed by atoms with Crippen molar-refractivity contribution < 1.29 is 15.0 Å². The fourth-order valence-electron chi connectivity index (χ4n) is 1.74. The highest BCUT2D eigenvalue weighted by atomic mass is 16.4. The molecule has 1 fully saturated rings. The van der Waals surface area contributed by atoms with E-state index in [1.165, 1.54) is 4.90 Å². The van der Waals surface area contributed by atoms with E-state index in [0.717, 1.165) is 0 Å². The molecule has 76 valence electrons. The van der Waals surface area contributed by atoms with E-state index in [1.807, 2.05) is 20.8 Å². The second-order valence-corrected chi connectivity index (χ2v) is 4.59. The summed E-state index contributed by atoms with van der Waals surface area (Å²) < 4.78 is 0. The molecule has 0 bridgehead atoms. The van der Waals surface area contributed by atoms with Crippen molar-refractivity contribution >= 4 is 6.09 Å². The standard InChI is InChI=1S/C9H17NO3/c1-9(2,3)10(8(12)13)6-4-7(11)5-6/h6-7,11H,4-5H2,1-3H3,(H,12,13)/p-1. The lowest BCUT2D eigenvalue weighted by Crippen LogP contribution is -2.60. The predicted octanol–water partition coefficient (Wildman–Crippen LogP) is -0.0465. The molecule has 1 aliphatic carbocycles. The zero-order valence-electron chi connectivity index (χ0n) is 8.28. The molecule has 4 heteroatoms. The maximum atomic E-state index is 10.8. The van der Waals surface area contributed by atoms with Crippen molar-refractivity contribution in [1.29, 1.82) is 0 Å². The Morgan fingerprint density at radius 2 is 1.92 bits per heavy atom. The first-order chi connectivity index (χ1) is 5.82. The Morgan fingerprint density at radius 3 is 2.15 bits per heavy atom. The third-order valence-electron chi connectivity index (χ3n) is 2.37. The molecule has 4 nitrogen and oxygen atoms in total. The van der Waals surface area contributed by atoms with Crippen molar-refractivity contribution in [2.24, 2.45) is 0 Å². The SMILES string of the molecule is CC(C)(C)N(C(=O)[O-])C1CC(O)C1.